The van der Waals surface area contributed by atoms with E-state index in [4.69, 9.17) is 52.1 Å². The number of ether oxygens (including phenoxy) is 4. The Morgan fingerprint density at radius 2 is 0.964 bits per heavy atom. The highest BCUT2D eigenvalue weighted by atomic mass is 35.5. The predicted octanol–water partition coefficient (Wildman–Crippen LogP) is 12.5. The number of aliphatic imine (C=N–C) groups is 2. The van der Waals surface area contributed by atoms with Crippen molar-refractivity contribution >= 4 is 109 Å². The van der Waals surface area contributed by atoms with Gasteiger partial charge in [0.2, 0.25) is 10.0 Å². The van der Waals surface area contributed by atoms with Crippen molar-refractivity contribution in [3.8, 4) is 33.8 Å². The average molecular weight is 1600 g/mol. The van der Waals surface area contributed by atoms with Gasteiger partial charge < -0.3 is 39.4 Å². The molecule has 0 bridgehead atoms. The molecule has 5 saturated heterocycles. The van der Waals surface area contributed by atoms with E-state index in [0.717, 1.165) is 27.9 Å². The topological polar surface area (TPSA) is 254 Å². The van der Waals surface area contributed by atoms with Crippen LogP contribution in [0.5, 0.6) is 11.5 Å². The van der Waals surface area contributed by atoms with Gasteiger partial charge in [0, 0.05) is 151 Å². The highest BCUT2D eigenvalue weighted by Gasteiger charge is 2.45. The molecule has 7 aliphatic rings. The molecule has 0 unspecified atom stereocenters. The number of benzene rings is 7. The molecule has 570 valence electrons. The van der Waals surface area contributed by atoms with Gasteiger partial charge in [-0.3, -0.25) is 34.4 Å². The maximum atomic E-state index is 14.1. The van der Waals surface area contributed by atoms with Gasteiger partial charge in [0.15, 0.2) is 27.5 Å². The van der Waals surface area contributed by atoms with Crippen LogP contribution >= 0.6 is 45.9 Å². The van der Waals surface area contributed by atoms with Crippen molar-refractivity contribution in [3.63, 3.8) is 0 Å². The number of sulfonamides is 1. The lowest BCUT2D eigenvalue weighted by Gasteiger charge is -2.38. The zero-order chi connectivity index (χ0) is 77.2. The van der Waals surface area contributed by atoms with Crippen molar-refractivity contribution in [1.82, 2.24) is 44.5 Å². The molecular weight excluding hydrogens is 1520 g/mol. The first kappa shape index (κ1) is 75.8. The van der Waals surface area contributed by atoms with Crippen LogP contribution in [-0.2, 0) is 33.8 Å². The monoisotopic (exact) mass is 1600 g/mol. The minimum Gasteiger partial charge on any atom is -0.466 e. The van der Waals surface area contributed by atoms with Gasteiger partial charge in [0.25, 0.3) is 0 Å². The molecule has 9 aromatic rings. The van der Waals surface area contributed by atoms with E-state index in [1.807, 2.05) is 86.1 Å². The second-order valence-corrected chi connectivity index (χ2v) is 31.6. The minimum absolute atomic E-state index is 0.0352. The highest BCUT2D eigenvalue weighted by Crippen LogP contribution is 2.41. The number of hydrogen-bond acceptors (Lipinski definition) is 21. The molecule has 0 saturated carbocycles. The number of rotatable bonds is 19. The number of anilines is 2. The van der Waals surface area contributed by atoms with Gasteiger partial charge >= 0.3 is 24.0 Å². The second kappa shape index (κ2) is 32.8. The van der Waals surface area contributed by atoms with E-state index in [9.17, 15) is 41.2 Å². The molecule has 7 aliphatic heterocycles. The number of aromatic nitrogens is 2. The summed E-state index contributed by atoms with van der Waals surface area (Å²) >= 11 is 15.8. The number of nitrogens with zero attached hydrogens (tertiary/aromatic N) is 11. The van der Waals surface area contributed by atoms with Gasteiger partial charge in [0.1, 0.15) is 35.2 Å². The Morgan fingerprint density at radius 3 is 1.37 bits per heavy atom. The molecule has 24 nitrogen and oxygen atoms in total. The van der Waals surface area contributed by atoms with Crippen molar-refractivity contribution < 1.29 is 60.1 Å². The Kier molecular flexibility index (Phi) is 22.4. The highest BCUT2D eigenvalue weighted by molar-refractivity contribution is 7.89. The van der Waals surface area contributed by atoms with E-state index in [2.05, 4.69) is 54.7 Å². The largest absolute Gasteiger partial charge is 0.466 e. The fourth-order valence-corrected chi connectivity index (χ4v) is 17.8. The van der Waals surface area contributed by atoms with Crippen LogP contribution in [0, 0.1) is 11.6 Å². The summed E-state index contributed by atoms with van der Waals surface area (Å²) in [7, 11) is -1.01. The van der Waals surface area contributed by atoms with Gasteiger partial charge in [-0.2, -0.15) is 4.31 Å². The molecule has 0 radical (unpaired) electrons. The molecule has 0 aliphatic carbocycles. The number of carbonyl (C=O) groups excluding carboxylic acids is 5. The van der Waals surface area contributed by atoms with Crippen LogP contribution in [0.25, 0.3) is 22.3 Å². The molecule has 31 heteroatoms. The normalized spacial score (nSPS) is 19.7. The summed E-state index contributed by atoms with van der Waals surface area (Å²) in [5.74, 6) is -0.194. The van der Waals surface area contributed by atoms with Crippen LogP contribution < -0.4 is 25.2 Å². The minimum atomic E-state index is -3.62. The van der Waals surface area contributed by atoms with Crippen LogP contribution in [0.15, 0.2) is 218 Å². The maximum Gasteiger partial charge on any atom is 0.338 e. The third kappa shape index (κ3) is 16.2. The van der Waals surface area contributed by atoms with E-state index < -0.39 is 45.7 Å². The Morgan fingerprint density at radius 1 is 0.550 bits per heavy atom. The first-order valence-corrected chi connectivity index (χ1v) is 39.6. The number of methoxy groups -OCH3 is 2. The van der Waals surface area contributed by atoms with E-state index in [1.54, 1.807) is 48.5 Å². The third-order valence-electron chi connectivity index (χ3n) is 20.3. The van der Waals surface area contributed by atoms with Crippen LogP contribution in [0.3, 0.4) is 0 Å². The van der Waals surface area contributed by atoms with Gasteiger partial charge in [-0.05, 0) is 114 Å². The number of fused-ring (bicyclic) bond motifs is 2. The van der Waals surface area contributed by atoms with E-state index in [-0.39, 0.29) is 56.0 Å². The Hall–Kier alpha value is -10.6. The van der Waals surface area contributed by atoms with Gasteiger partial charge in [-0.15, -0.1) is 22.7 Å². The summed E-state index contributed by atoms with van der Waals surface area (Å²) in [6, 6.07) is 43.4. The number of nitrogens with one attached hydrogen (secondary N) is 2. The van der Waals surface area contributed by atoms with Crippen LogP contribution in [-0.4, -0.2) is 202 Å². The zero-order valence-corrected chi connectivity index (χ0v) is 64.1. The first-order valence-electron chi connectivity index (χ1n) is 35.7. The van der Waals surface area contributed by atoms with Crippen molar-refractivity contribution in [2.24, 2.45) is 9.98 Å². The number of ketones is 1. The number of amides is 4. The van der Waals surface area contributed by atoms with Gasteiger partial charge in [0.05, 0.1) is 55.6 Å². The standard InChI is InChI=1S/C42H36ClFN6O4S.C38H37ClFN7O7S2/c1-25(51)26-3-5-27(6-4-26)28-7-9-29(10-8-28)30-11-14-32(15-12-30)50-23-33-22-48(18-19-49(33)42(50)53)24-36-37(41(52)54-2)38(34-16-13-31(44)21-35(34)43)47-39(46-36)40-45-17-20-55-40;1-52-37(48)33-32(42-35(36-41-12-19-55-36)43-34(33)30-11-2-24(40)20-31(30)39)23-44-13-14-46-26(21-44)22-47(38(46)49)25-3-5-27(6-4-25)54-28-7-9-29(10-8-28)56(50,51)45-15-17-53-18-16-45/h3-17,20-21,33,38H,18-19,22-24H2,1-2H3,(H,46,47);2-12,19-20,26,34H,13-18,21-23H2,1H3,(H,42,43)/t33-,38-;26-,34-/m00/s1. The van der Waals surface area contributed by atoms with E-state index in [1.165, 1.54) is 89.7 Å². The lowest BCUT2D eigenvalue weighted by atomic mass is 9.95. The predicted molar refractivity (Wildman–Crippen MR) is 419 cm³/mol. The van der Waals surface area contributed by atoms with E-state index in [0.29, 0.717) is 159 Å². The van der Waals surface area contributed by atoms with Crippen LogP contribution in [0.1, 0.15) is 50.5 Å². The number of thiazole rings is 2. The Balaban J connectivity index is 0.000000176. The van der Waals surface area contributed by atoms with Crippen LogP contribution in [0.4, 0.5) is 29.7 Å². The van der Waals surface area contributed by atoms with Crippen LogP contribution in [0.2, 0.25) is 10.0 Å². The molecule has 7 aromatic carbocycles. The number of morpholine rings is 1. The maximum absolute atomic E-state index is 14.1. The molecular formula is C80H73Cl2F2N13O11S3. The average Bonchev–Trinajstić information content (AvgIpc) is 1.75. The quantitative estimate of drug-likeness (QED) is 0.0563. The van der Waals surface area contributed by atoms with Gasteiger partial charge in [-0.25, -0.2) is 46.3 Å². The molecule has 4 amide bonds. The number of halogens is 4. The molecule has 2 aromatic heterocycles. The lowest BCUT2D eigenvalue weighted by Crippen LogP contribution is -2.53. The number of Topliss-reactive ketones (excluding diaryl/α,β-unsaturated/α-hetero) is 1. The number of amidine groups is 2. The Labute approximate surface area is 656 Å². The molecule has 9 heterocycles. The molecule has 2 N–H and O–H groups in total. The first-order chi connectivity index (χ1) is 53.7. The summed E-state index contributed by atoms with van der Waals surface area (Å²) in [6.45, 7) is 7.79. The zero-order valence-electron chi connectivity index (χ0n) is 60.2. The summed E-state index contributed by atoms with van der Waals surface area (Å²) in [6.07, 6.45) is 3.34. The van der Waals surface area contributed by atoms with Gasteiger partial charge in [-0.1, -0.05) is 96.0 Å². The SMILES string of the molecule is COC(=O)C1=C(CN2CCN3C(=O)N(c4ccc(-c5ccc(-c6ccc(C(C)=O)cc6)cc5)cc4)C[C@@H]3C2)NC(c2nccs2)=N[C@H]1c1ccc(F)cc1Cl.COC(=O)C1=C(CN2CCN3C(=O)N(c4ccc(Oc5ccc(S(=O)(=O)N6CCOCC6)cc5)cc4)C[C@@H]3C2)NC(c2nccs2)=N[C@H]1c1ccc(F)cc1Cl. The number of urea groups is 2. The molecule has 16 rings (SSSR count). The summed E-state index contributed by atoms with van der Waals surface area (Å²) < 4.78 is 77.3. The molecule has 4 atom stereocenters. The summed E-state index contributed by atoms with van der Waals surface area (Å²) in [4.78, 5) is 96.2. The second-order valence-electron chi connectivity index (χ2n) is 27.1. The Bertz CT molecular complexity index is 5270. The molecule has 111 heavy (non-hydrogen) atoms. The van der Waals surface area contributed by atoms with Crippen molar-refractivity contribution in [2.75, 3.05) is 116 Å². The molecule has 0 spiro atoms. The summed E-state index contributed by atoms with van der Waals surface area (Å²) in [5, 5.41) is 11.9. The number of piperazine rings is 2. The third-order valence-corrected chi connectivity index (χ3v) is 24.4. The fraction of sp³-hybridized carbons (Fsp3) is 0.263. The van der Waals surface area contributed by atoms with Crippen molar-refractivity contribution in [3.05, 3.63) is 252 Å². The number of esters is 2. The van der Waals surface area contributed by atoms with Crippen molar-refractivity contribution in [1.29, 1.82) is 0 Å². The van der Waals surface area contributed by atoms with E-state index >= 15 is 0 Å². The fourth-order valence-electron chi connectivity index (χ4n) is 14.7. The number of carbonyl (C=O) groups is 5. The smallest absolute Gasteiger partial charge is 0.338 e. The van der Waals surface area contributed by atoms with Crippen molar-refractivity contribution in [2.45, 2.75) is 36.0 Å². The molecule has 5 fully saturated rings. The number of hydrogen-bond donors (Lipinski definition) is 2. The summed E-state index contributed by atoms with van der Waals surface area (Å²) in [5.41, 5.74) is 9.01. The lowest BCUT2D eigenvalue weighted by molar-refractivity contribution is -0.137.